The molecule has 1 aromatic carbocycles. The third kappa shape index (κ3) is 4.09. The fourth-order valence-electron chi connectivity index (χ4n) is 4.45. The highest BCUT2D eigenvalue weighted by molar-refractivity contribution is 7.98. The van der Waals surface area contributed by atoms with Crippen molar-refractivity contribution in [1.82, 2.24) is 20.1 Å². The van der Waals surface area contributed by atoms with Gasteiger partial charge in [-0.1, -0.05) is 12.1 Å². The lowest BCUT2D eigenvalue weighted by Crippen LogP contribution is -2.54. The quantitative estimate of drug-likeness (QED) is 0.551. The predicted octanol–water partition coefficient (Wildman–Crippen LogP) is 3.31. The molecule has 9 heteroatoms. The lowest BCUT2D eigenvalue weighted by Gasteiger charge is -2.39. The predicted molar refractivity (Wildman–Crippen MR) is 119 cm³/mol. The Morgan fingerprint density at radius 1 is 1.22 bits per heavy atom. The summed E-state index contributed by atoms with van der Waals surface area (Å²) in [4.78, 5) is 46.0. The smallest absolute Gasteiger partial charge is 0.325 e. The number of halogens is 1. The van der Waals surface area contributed by atoms with E-state index >= 15 is 0 Å². The maximum Gasteiger partial charge on any atom is 0.325 e. The van der Waals surface area contributed by atoms with E-state index in [2.05, 4.69) is 10.3 Å². The molecule has 2 saturated heterocycles. The molecule has 32 heavy (non-hydrogen) atoms. The maximum absolute atomic E-state index is 13.2. The van der Waals surface area contributed by atoms with Gasteiger partial charge in [0.25, 0.3) is 11.8 Å². The monoisotopic (exact) mass is 456 g/mol. The number of hydrogen-bond acceptors (Lipinski definition) is 5. The molecular formula is C23H25FN4O3S. The van der Waals surface area contributed by atoms with Crippen LogP contribution in [0.15, 0.2) is 47.6 Å². The number of benzene rings is 1. The van der Waals surface area contributed by atoms with Crippen molar-refractivity contribution in [1.29, 1.82) is 0 Å². The van der Waals surface area contributed by atoms with Crippen molar-refractivity contribution < 1.29 is 18.8 Å². The molecule has 7 nitrogen and oxygen atoms in total. The Morgan fingerprint density at radius 2 is 1.91 bits per heavy atom. The topological polar surface area (TPSA) is 82.6 Å². The van der Waals surface area contributed by atoms with Gasteiger partial charge in [-0.2, -0.15) is 0 Å². The average Bonchev–Trinajstić information content (AvgIpc) is 3.03. The van der Waals surface area contributed by atoms with Gasteiger partial charge in [0.15, 0.2) is 0 Å². The Labute approximate surface area is 190 Å². The molecule has 2 aromatic rings. The number of thioether (sulfide) groups is 1. The van der Waals surface area contributed by atoms with Gasteiger partial charge >= 0.3 is 6.03 Å². The zero-order valence-corrected chi connectivity index (χ0v) is 18.8. The summed E-state index contributed by atoms with van der Waals surface area (Å²) in [7, 11) is 0. The van der Waals surface area contributed by atoms with E-state index in [1.54, 1.807) is 42.3 Å². The molecule has 0 spiro atoms. The standard InChI is InChI=1S/C23H25FN4O3S/c1-23(21(30)28(22(31)26-23)14-15-5-7-17(24)8-6-15)16-9-12-27(13-10-16)20(29)18-4-3-11-25-19(18)32-2/h3-8,11,16H,9-10,12-14H2,1-2H3,(H,26,31)/t23-/m1/s1. The first-order chi connectivity index (χ1) is 15.3. The van der Waals surface area contributed by atoms with Gasteiger partial charge in [0.05, 0.1) is 12.1 Å². The highest BCUT2D eigenvalue weighted by Gasteiger charge is 2.52. The van der Waals surface area contributed by atoms with Crippen LogP contribution in [0.5, 0.6) is 0 Å². The summed E-state index contributed by atoms with van der Waals surface area (Å²) in [5.41, 5.74) is 0.242. The summed E-state index contributed by atoms with van der Waals surface area (Å²) >= 11 is 1.43. The van der Waals surface area contributed by atoms with Gasteiger partial charge in [-0.25, -0.2) is 14.2 Å². The summed E-state index contributed by atoms with van der Waals surface area (Å²) in [6, 6.07) is 8.84. The van der Waals surface area contributed by atoms with Gasteiger partial charge in [-0.05, 0) is 61.8 Å². The van der Waals surface area contributed by atoms with E-state index in [9.17, 15) is 18.8 Å². The van der Waals surface area contributed by atoms with Crippen LogP contribution in [-0.4, -0.2) is 57.5 Å². The maximum atomic E-state index is 13.2. The molecule has 4 amide bonds. The van der Waals surface area contributed by atoms with Crippen LogP contribution in [0.2, 0.25) is 0 Å². The Morgan fingerprint density at radius 3 is 2.56 bits per heavy atom. The zero-order valence-electron chi connectivity index (χ0n) is 18.0. The molecule has 3 heterocycles. The molecule has 2 fully saturated rings. The minimum absolute atomic E-state index is 0.0641. The largest absolute Gasteiger partial charge is 0.339 e. The van der Waals surface area contributed by atoms with Crippen LogP contribution < -0.4 is 5.32 Å². The molecule has 168 valence electrons. The first-order valence-corrected chi connectivity index (χ1v) is 11.7. The van der Waals surface area contributed by atoms with E-state index in [0.717, 1.165) is 0 Å². The third-order valence-corrected chi connectivity index (χ3v) is 7.06. The van der Waals surface area contributed by atoms with Crippen LogP contribution in [0.25, 0.3) is 0 Å². The van der Waals surface area contributed by atoms with Gasteiger partial charge in [-0.15, -0.1) is 11.8 Å². The van der Waals surface area contributed by atoms with Crippen molar-refractivity contribution >= 4 is 29.6 Å². The molecular weight excluding hydrogens is 431 g/mol. The number of nitrogens with zero attached hydrogens (tertiary/aromatic N) is 3. The van der Waals surface area contributed by atoms with E-state index < -0.39 is 11.6 Å². The number of urea groups is 1. The van der Waals surface area contributed by atoms with Crippen molar-refractivity contribution in [3.63, 3.8) is 0 Å². The van der Waals surface area contributed by atoms with Crippen molar-refractivity contribution in [2.24, 2.45) is 5.92 Å². The summed E-state index contributed by atoms with van der Waals surface area (Å²) in [5.74, 6) is -0.803. The number of amides is 4. The minimum Gasteiger partial charge on any atom is -0.339 e. The number of nitrogens with one attached hydrogen (secondary N) is 1. The first-order valence-electron chi connectivity index (χ1n) is 10.5. The molecule has 0 saturated carbocycles. The number of likely N-dealkylation sites (tertiary alicyclic amines) is 1. The zero-order chi connectivity index (χ0) is 22.9. The molecule has 1 aromatic heterocycles. The second kappa shape index (κ2) is 8.90. The molecule has 2 aliphatic heterocycles. The van der Waals surface area contributed by atoms with E-state index in [1.807, 2.05) is 6.26 Å². The second-order valence-corrected chi connectivity index (χ2v) is 9.07. The Balaban J connectivity index is 1.42. The van der Waals surface area contributed by atoms with E-state index in [0.29, 0.717) is 42.1 Å². The molecule has 0 radical (unpaired) electrons. The lowest BCUT2D eigenvalue weighted by atomic mass is 9.78. The fourth-order valence-corrected chi connectivity index (χ4v) is 5.00. The summed E-state index contributed by atoms with van der Waals surface area (Å²) in [6.07, 6.45) is 4.76. The van der Waals surface area contributed by atoms with Crippen molar-refractivity contribution in [2.75, 3.05) is 19.3 Å². The number of carbonyl (C=O) groups excluding carboxylic acids is 3. The number of aromatic nitrogens is 1. The van der Waals surface area contributed by atoms with Gasteiger partial charge < -0.3 is 10.2 Å². The Bertz CT molecular complexity index is 1040. The number of hydrogen-bond donors (Lipinski definition) is 1. The van der Waals surface area contributed by atoms with Crippen LogP contribution in [0.4, 0.5) is 9.18 Å². The number of rotatable bonds is 5. The summed E-state index contributed by atoms with van der Waals surface area (Å²) in [5, 5.41) is 3.57. The van der Waals surface area contributed by atoms with E-state index in [1.165, 1.54) is 28.8 Å². The highest BCUT2D eigenvalue weighted by Crippen LogP contribution is 2.34. The van der Waals surface area contributed by atoms with Gasteiger partial charge in [-0.3, -0.25) is 14.5 Å². The summed E-state index contributed by atoms with van der Waals surface area (Å²) < 4.78 is 13.2. The van der Waals surface area contributed by atoms with Crippen LogP contribution in [0.3, 0.4) is 0 Å². The number of pyridine rings is 1. The average molecular weight is 457 g/mol. The van der Waals surface area contributed by atoms with E-state index in [-0.39, 0.29) is 30.1 Å². The Kier molecular flexibility index (Phi) is 6.19. The molecule has 1 N–H and O–H groups in total. The lowest BCUT2D eigenvalue weighted by molar-refractivity contribution is -0.133. The summed E-state index contributed by atoms with van der Waals surface area (Å²) in [6.45, 7) is 2.86. The number of piperidine rings is 1. The first kappa shape index (κ1) is 22.3. The van der Waals surface area contributed by atoms with Crippen LogP contribution in [-0.2, 0) is 11.3 Å². The minimum atomic E-state index is -1.02. The Hall–Kier alpha value is -2.94. The van der Waals surface area contributed by atoms with Crippen molar-refractivity contribution in [2.45, 2.75) is 36.9 Å². The number of carbonyl (C=O) groups is 3. The third-order valence-electron chi connectivity index (χ3n) is 6.35. The van der Waals surface area contributed by atoms with Crippen LogP contribution >= 0.6 is 11.8 Å². The second-order valence-electron chi connectivity index (χ2n) is 8.28. The normalized spacial score (nSPS) is 21.7. The van der Waals surface area contributed by atoms with Gasteiger partial charge in [0.2, 0.25) is 0 Å². The number of imide groups is 1. The van der Waals surface area contributed by atoms with E-state index in [4.69, 9.17) is 0 Å². The van der Waals surface area contributed by atoms with Crippen LogP contribution in [0.1, 0.15) is 35.7 Å². The molecule has 0 bridgehead atoms. The molecule has 0 aliphatic carbocycles. The van der Waals surface area contributed by atoms with Crippen LogP contribution in [0, 0.1) is 11.7 Å². The molecule has 1 atom stereocenters. The fraction of sp³-hybridized carbons (Fsp3) is 0.391. The van der Waals surface area contributed by atoms with Crippen molar-refractivity contribution in [3.05, 3.63) is 59.5 Å². The van der Waals surface area contributed by atoms with Gasteiger partial charge in [0.1, 0.15) is 16.4 Å². The van der Waals surface area contributed by atoms with Crippen molar-refractivity contribution in [3.8, 4) is 0 Å². The SMILES string of the molecule is CSc1ncccc1C(=O)N1CCC([C@@]2(C)NC(=O)N(Cc3ccc(F)cc3)C2=O)CC1. The molecule has 0 unspecified atom stereocenters. The van der Waals surface area contributed by atoms with Gasteiger partial charge in [0, 0.05) is 19.3 Å². The highest BCUT2D eigenvalue weighted by atomic mass is 32.2. The molecule has 4 rings (SSSR count). The molecule has 2 aliphatic rings.